The van der Waals surface area contributed by atoms with Crippen LogP contribution in [0.5, 0.6) is 0 Å². The van der Waals surface area contributed by atoms with Gasteiger partial charge in [-0.15, -0.1) is 0 Å². The van der Waals surface area contributed by atoms with Crippen LogP contribution in [0.2, 0.25) is 0 Å². The van der Waals surface area contributed by atoms with Crippen molar-refractivity contribution in [3.8, 4) is 0 Å². The topological polar surface area (TPSA) is 57.5 Å². The molecule has 1 atom stereocenters. The average Bonchev–Trinajstić information content (AvgIpc) is 2.59. The Labute approximate surface area is 175 Å². The van der Waals surface area contributed by atoms with Crippen molar-refractivity contribution in [2.75, 3.05) is 27.2 Å². The molecule has 1 unspecified atom stereocenters. The Balaban J connectivity index is 3.55. The van der Waals surface area contributed by atoms with Crippen LogP contribution in [-0.2, 0) is 4.79 Å². The number of likely N-dealkylation sites (N-methyl/N-ethyl adjacent to an activating group) is 1. The van der Waals surface area contributed by atoms with Gasteiger partial charge in [-0.05, 0) is 13.3 Å². The SMILES string of the molecule is CCCCCCCCCCCCCCCCC(C)(O)C[N+](C)(C)CCC(=O)O. The number of carbonyl (C=O) groups is 1. The molecule has 0 bridgehead atoms. The second-order valence-corrected chi connectivity index (χ2v) is 9.80. The number of aliphatic carboxylic acids is 1. The Bertz CT molecular complexity index is 380. The molecule has 0 aliphatic carbocycles. The summed E-state index contributed by atoms with van der Waals surface area (Å²) in [7, 11) is 4.01. The molecule has 0 fully saturated rings. The van der Waals surface area contributed by atoms with Gasteiger partial charge in [0.15, 0.2) is 0 Å². The van der Waals surface area contributed by atoms with Crippen molar-refractivity contribution < 1.29 is 19.5 Å². The summed E-state index contributed by atoms with van der Waals surface area (Å²) < 4.78 is 0.553. The molecule has 0 amide bonds. The molecule has 0 saturated heterocycles. The van der Waals surface area contributed by atoms with E-state index in [4.69, 9.17) is 5.11 Å². The molecule has 0 heterocycles. The summed E-state index contributed by atoms with van der Waals surface area (Å²) in [6.45, 7) is 5.34. The number of hydrogen-bond acceptors (Lipinski definition) is 2. The van der Waals surface area contributed by atoms with Crippen LogP contribution in [0, 0.1) is 0 Å². The molecule has 0 aromatic heterocycles. The highest BCUT2D eigenvalue weighted by Gasteiger charge is 2.30. The minimum Gasteiger partial charge on any atom is -0.481 e. The first-order chi connectivity index (χ1) is 13.2. The summed E-state index contributed by atoms with van der Waals surface area (Å²) in [5, 5.41) is 19.5. The molecule has 0 rings (SSSR count). The van der Waals surface area contributed by atoms with Gasteiger partial charge in [-0.1, -0.05) is 96.8 Å². The second-order valence-electron chi connectivity index (χ2n) is 9.80. The van der Waals surface area contributed by atoms with Crippen LogP contribution >= 0.6 is 0 Å². The molecule has 0 aromatic carbocycles. The monoisotopic (exact) mass is 400 g/mol. The maximum Gasteiger partial charge on any atom is 0.309 e. The Morgan fingerprint density at radius 3 is 1.57 bits per heavy atom. The van der Waals surface area contributed by atoms with E-state index in [1.807, 2.05) is 21.0 Å². The quantitative estimate of drug-likeness (QED) is 0.190. The van der Waals surface area contributed by atoms with E-state index in [0.717, 1.165) is 12.8 Å². The third kappa shape index (κ3) is 18.7. The molecule has 28 heavy (non-hydrogen) atoms. The summed E-state index contributed by atoms with van der Waals surface area (Å²) in [5.41, 5.74) is -0.709. The molecule has 0 radical (unpaired) electrons. The van der Waals surface area contributed by atoms with Gasteiger partial charge in [0, 0.05) is 0 Å². The highest BCUT2D eigenvalue weighted by Crippen LogP contribution is 2.20. The van der Waals surface area contributed by atoms with Crippen molar-refractivity contribution in [3.05, 3.63) is 0 Å². The fourth-order valence-electron chi connectivity index (χ4n) is 4.18. The van der Waals surface area contributed by atoms with Crippen molar-refractivity contribution in [2.24, 2.45) is 0 Å². The predicted molar refractivity (Wildman–Crippen MR) is 120 cm³/mol. The maximum absolute atomic E-state index is 10.8. The molecule has 4 heteroatoms. The molecular formula is C24H50NO3+. The van der Waals surface area contributed by atoms with Crippen LogP contribution < -0.4 is 0 Å². The largest absolute Gasteiger partial charge is 0.481 e. The fraction of sp³-hybridized carbons (Fsp3) is 0.958. The number of rotatable bonds is 20. The molecule has 168 valence electrons. The van der Waals surface area contributed by atoms with E-state index in [2.05, 4.69) is 6.92 Å². The lowest BCUT2D eigenvalue weighted by molar-refractivity contribution is -0.896. The van der Waals surface area contributed by atoms with E-state index in [-0.39, 0.29) is 6.42 Å². The van der Waals surface area contributed by atoms with Gasteiger partial charge >= 0.3 is 5.97 Å². The second kappa shape index (κ2) is 16.2. The van der Waals surface area contributed by atoms with Gasteiger partial charge in [-0.25, -0.2) is 0 Å². The van der Waals surface area contributed by atoms with Crippen LogP contribution in [0.25, 0.3) is 0 Å². The minimum atomic E-state index is -0.766. The van der Waals surface area contributed by atoms with Crippen LogP contribution in [0.4, 0.5) is 0 Å². The molecule has 0 aliphatic rings. The van der Waals surface area contributed by atoms with Crippen LogP contribution in [0.15, 0.2) is 0 Å². The lowest BCUT2D eigenvalue weighted by Crippen LogP contribution is -2.51. The summed E-state index contributed by atoms with van der Waals surface area (Å²) >= 11 is 0. The van der Waals surface area contributed by atoms with Crippen LogP contribution in [-0.4, -0.2) is 53.5 Å². The standard InChI is InChI=1S/C24H49NO3/c1-5-6-7-8-9-10-11-12-13-14-15-16-17-18-20-24(2,28)22-25(3,4)21-19-23(26)27/h28H,5-22H2,1-4H3/p+1. The Morgan fingerprint density at radius 1 is 0.786 bits per heavy atom. The Kier molecular flexibility index (Phi) is 15.9. The molecule has 4 nitrogen and oxygen atoms in total. The first kappa shape index (κ1) is 27.4. The van der Waals surface area contributed by atoms with Crippen LogP contribution in [0.1, 0.15) is 117 Å². The van der Waals surface area contributed by atoms with E-state index in [1.54, 1.807) is 0 Å². The zero-order valence-corrected chi connectivity index (χ0v) is 19.5. The number of carboxylic acid groups (broad SMARTS) is 1. The van der Waals surface area contributed by atoms with E-state index < -0.39 is 11.6 Å². The zero-order valence-electron chi connectivity index (χ0n) is 19.5. The summed E-state index contributed by atoms with van der Waals surface area (Å²) in [4.78, 5) is 10.8. The molecule has 0 aromatic rings. The van der Waals surface area contributed by atoms with E-state index in [0.29, 0.717) is 17.6 Å². The first-order valence-corrected chi connectivity index (χ1v) is 11.9. The summed E-state index contributed by atoms with van der Waals surface area (Å²) in [6.07, 6.45) is 19.7. The number of unbranched alkanes of at least 4 members (excludes halogenated alkanes) is 13. The van der Waals surface area contributed by atoms with E-state index in [1.165, 1.54) is 83.5 Å². The van der Waals surface area contributed by atoms with Crippen molar-refractivity contribution in [2.45, 2.75) is 122 Å². The average molecular weight is 401 g/mol. The van der Waals surface area contributed by atoms with Gasteiger partial charge in [0.05, 0.1) is 27.1 Å². The Hall–Kier alpha value is -0.610. The van der Waals surface area contributed by atoms with E-state index >= 15 is 0 Å². The molecular weight excluding hydrogens is 350 g/mol. The smallest absolute Gasteiger partial charge is 0.309 e. The zero-order chi connectivity index (χ0) is 21.3. The summed E-state index contributed by atoms with van der Waals surface area (Å²) in [5.74, 6) is -0.766. The van der Waals surface area contributed by atoms with Crippen molar-refractivity contribution in [3.63, 3.8) is 0 Å². The van der Waals surface area contributed by atoms with Crippen molar-refractivity contribution in [1.82, 2.24) is 0 Å². The lowest BCUT2D eigenvalue weighted by Gasteiger charge is -2.36. The highest BCUT2D eigenvalue weighted by atomic mass is 16.4. The maximum atomic E-state index is 10.8. The molecule has 0 spiro atoms. The third-order valence-electron chi connectivity index (χ3n) is 5.77. The number of nitrogens with zero attached hydrogens (tertiary/aromatic N) is 1. The number of quaternary nitrogens is 1. The minimum absolute atomic E-state index is 0.155. The molecule has 0 saturated carbocycles. The van der Waals surface area contributed by atoms with Gasteiger partial charge in [0.1, 0.15) is 12.1 Å². The van der Waals surface area contributed by atoms with Gasteiger partial charge in [0.2, 0.25) is 0 Å². The summed E-state index contributed by atoms with van der Waals surface area (Å²) in [6, 6.07) is 0. The third-order valence-corrected chi connectivity index (χ3v) is 5.77. The van der Waals surface area contributed by atoms with Gasteiger partial charge in [-0.2, -0.15) is 0 Å². The lowest BCUT2D eigenvalue weighted by atomic mass is 9.96. The number of aliphatic hydroxyl groups is 1. The van der Waals surface area contributed by atoms with Crippen molar-refractivity contribution >= 4 is 5.97 Å². The number of hydrogen-bond donors (Lipinski definition) is 2. The first-order valence-electron chi connectivity index (χ1n) is 11.9. The van der Waals surface area contributed by atoms with Gasteiger partial charge in [0.25, 0.3) is 0 Å². The van der Waals surface area contributed by atoms with E-state index in [9.17, 15) is 9.90 Å². The van der Waals surface area contributed by atoms with Gasteiger partial charge < -0.3 is 14.7 Å². The number of carboxylic acids is 1. The highest BCUT2D eigenvalue weighted by molar-refractivity contribution is 5.66. The Morgan fingerprint density at radius 2 is 1.18 bits per heavy atom. The molecule has 2 N–H and O–H groups in total. The van der Waals surface area contributed by atoms with Crippen molar-refractivity contribution in [1.29, 1.82) is 0 Å². The van der Waals surface area contributed by atoms with Crippen LogP contribution in [0.3, 0.4) is 0 Å². The normalized spacial score (nSPS) is 14.2. The molecule has 0 aliphatic heterocycles. The predicted octanol–water partition coefficient (Wildman–Crippen LogP) is 6.16. The van der Waals surface area contributed by atoms with Gasteiger partial charge in [-0.3, -0.25) is 4.79 Å². The fourth-order valence-corrected chi connectivity index (χ4v) is 4.18.